The average Bonchev–Trinajstić information content (AvgIpc) is 2.24. The van der Waals surface area contributed by atoms with Gasteiger partial charge in [0.05, 0.1) is 12.6 Å². The lowest BCUT2D eigenvalue weighted by molar-refractivity contribution is 0.184. The second-order valence-corrected chi connectivity index (χ2v) is 3.70. The number of anilines is 1. The number of hydrogen-bond donors (Lipinski definition) is 1. The van der Waals surface area contributed by atoms with Crippen molar-refractivity contribution in [3.8, 4) is 0 Å². The predicted octanol–water partition coefficient (Wildman–Crippen LogP) is 2.28. The van der Waals surface area contributed by atoms with Crippen LogP contribution in [-0.4, -0.2) is 29.7 Å². The molecule has 1 heterocycles. The summed E-state index contributed by atoms with van der Waals surface area (Å²) in [5, 5.41) is 3.76. The summed E-state index contributed by atoms with van der Waals surface area (Å²) in [6.07, 6.45) is 2.42. The minimum absolute atomic E-state index is 0.250. The monoisotopic (exact) mass is 229 g/mol. The first-order valence-corrected chi connectivity index (χ1v) is 5.29. The lowest BCUT2D eigenvalue weighted by atomic mass is 10.2. The Morgan fingerprint density at radius 2 is 2.27 bits per heavy atom. The molecule has 0 aromatic carbocycles. The lowest BCUT2D eigenvalue weighted by Gasteiger charge is -2.17. The fourth-order valence-electron chi connectivity index (χ4n) is 1.23. The number of hydrogen-bond acceptors (Lipinski definition) is 4. The van der Waals surface area contributed by atoms with Crippen LogP contribution in [0.15, 0.2) is 6.33 Å². The number of nitrogens with one attached hydrogen (secondary N) is 1. The second kappa shape index (κ2) is 5.88. The topological polar surface area (TPSA) is 47.0 Å². The SMILES string of the molecule is CCC(COC)Nc1ncnc(Cl)c1C. The van der Waals surface area contributed by atoms with Gasteiger partial charge in [-0.3, -0.25) is 0 Å². The number of ether oxygens (including phenoxy) is 1. The van der Waals surface area contributed by atoms with Crippen LogP contribution in [0, 0.1) is 6.92 Å². The van der Waals surface area contributed by atoms with Gasteiger partial charge in [-0.1, -0.05) is 18.5 Å². The molecule has 1 aromatic rings. The summed E-state index contributed by atoms with van der Waals surface area (Å²) in [5.74, 6) is 0.777. The van der Waals surface area contributed by atoms with Gasteiger partial charge in [0.15, 0.2) is 0 Å². The van der Waals surface area contributed by atoms with Crippen molar-refractivity contribution in [3.63, 3.8) is 0 Å². The highest BCUT2D eigenvalue weighted by Gasteiger charge is 2.10. The minimum Gasteiger partial charge on any atom is -0.383 e. The van der Waals surface area contributed by atoms with Crippen molar-refractivity contribution >= 4 is 17.4 Å². The van der Waals surface area contributed by atoms with Crippen LogP contribution < -0.4 is 5.32 Å². The maximum Gasteiger partial charge on any atom is 0.137 e. The van der Waals surface area contributed by atoms with Crippen molar-refractivity contribution < 1.29 is 4.74 Å². The third-order valence-corrected chi connectivity index (χ3v) is 2.61. The van der Waals surface area contributed by atoms with Gasteiger partial charge in [-0.25, -0.2) is 9.97 Å². The predicted molar refractivity (Wildman–Crippen MR) is 61.4 cm³/mol. The summed E-state index contributed by atoms with van der Waals surface area (Å²) in [6.45, 7) is 4.64. The highest BCUT2D eigenvalue weighted by molar-refractivity contribution is 6.30. The van der Waals surface area contributed by atoms with E-state index in [1.807, 2.05) is 6.92 Å². The van der Waals surface area contributed by atoms with Crippen LogP contribution >= 0.6 is 11.6 Å². The molecule has 0 saturated carbocycles. The van der Waals surface area contributed by atoms with E-state index < -0.39 is 0 Å². The molecule has 0 amide bonds. The third-order valence-electron chi connectivity index (χ3n) is 2.22. The van der Waals surface area contributed by atoms with E-state index in [9.17, 15) is 0 Å². The minimum atomic E-state index is 0.250. The van der Waals surface area contributed by atoms with Crippen LogP contribution in [0.1, 0.15) is 18.9 Å². The van der Waals surface area contributed by atoms with Crippen LogP contribution in [0.2, 0.25) is 5.15 Å². The van der Waals surface area contributed by atoms with Crippen LogP contribution in [0.3, 0.4) is 0 Å². The van der Waals surface area contributed by atoms with E-state index in [0.717, 1.165) is 17.8 Å². The Hall–Kier alpha value is -0.870. The maximum atomic E-state index is 5.90. The van der Waals surface area contributed by atoms with Crippen LogP contribution in [0.4, 0.5) is 5.82 Å². The standard InChI is InChI=1S/C10H16ClN3O/c1-4-8(5-15-3)14-10-7(2)9(11)12-6-13-10/h6,8H,4-5H2,1-3H3,(H,12,13,14). The first kappa shape index (κ1) is 12.2. The van der Waals surface area contributed by atoms with Crippen molar-refractivity contribution in [1.29, 1.82) is 0 Å². The molecule has 0 radical (unpaired) electrons. The molecule has 0 aliphatic carbocycles. The van der Waals surface area contributed by atoms with E-state index in [-0.39, 0.29) is 6.04 Å². The number of aromatic nitrogens is 2. The number of halogens is 1. The molecule has 0 bridgehead atoms. The summed E-state index contributed by atoms with van der Waals surface area (Å²) >= 11 is 5.90. The van der Waals surface area contributed by atoms with Gasteiger partial charge in [0.25, 0.3) is 0 Å². The molecule has 0 aliphatic rings. The Labute approximate surface area is 95.0 Å². The van der Waals surface area contributed by atoms with Gasteiger partial charge in [-0.05, 0) is 13.3 Å². The summed E-state index contributed by atoms with van der Waals surface area (Å²) in [4.78, 5) is 8.05. The van der Waals surface area contributed by atoms with E-state index in [4.69, 9.17) is 16.3 Å². The van der Waals surface area contributed by atoms with Crippen LogP contribution in [-0.2, 0) is 4.74 Å². The van der Waals surface area contributed by atoms with E-state index in [1.54, 1.807) is 7.11 Å². The molecule has 1 aromatic heterocycles. The Kier molecular flexibility index (Phi) is 4.78. The number of nitrogens with zero attached hydrogens (tertiary/aromatic N) is 2. The van der Waals surface area contributed by atoms with Crippen molar-refractivity contribution in [2.24, 2.45) is 0 Å². The fourth-order valence-corrected chi connectivity index (χ4v) is 1.36. The Morgan fingerprint density at radius 1 is 1.53 bits per heavy atom. The smallest absolute Gasteiger partial charge is 0.137 e. The molecule has 1 N–H and O–H groups in total. The molecule has 0 saturated heterocycles. The molecule has 0 spiro atoms. The molecule has 1 rings (SSSR count). The number of rotatable bonds is 5. The van der Waals surface area contributed by atoms with Crippen molar-refractivity contribution in [1.82, 2.24) is 9.97 Å². The van der Waals surface area contributed by atoms with Crippen molar-refractivity contribution in [2.75, 3.05) is 19.0 Å². The van der Waals surface area contributed by atoms with E-state index in [2.05, 4.69) is 22.2 Å². The van der Waals surface area contributed by atoms with Gasteiger partial charge in [0.2, 0.25) is 0 Å². The van der Waals surface area contributed by atoms with E-state index in [1.165, 1.54) is 6.33 Å². The first-order chi connectivity index (χ1) is 7.19. The van der Waals surface area contributed by atoms with E-state index in [0.29, 0.717) is 11.8 Å². The zero-order valence-corrected chi connectivity index (χ0v) is 10.0. The molecule has 0 aliphatic heterocycles. The molecule has 1 unspecified atom stereocenters. The summed E-state index contributed by atoms with van der Waals surface area (Å²) in [6, 6.07) is 0.250. The second-order valence-electron chi connectivity index (χ2n) is 3.34. The maximum absolute atomic E-state index is 5.90. The highest BCUT2D eigenvalue weighted by atomic mass is 35.5. The van der Waals surface area contributed by atoms with Gasteiger partial charge in [0, 0.05) is 12.7 Å². The molecule has 5 heteroatoms. The quantitative estimate of drug-likeness (QED) is 0.787. The van der Waals surface area contributed by atoms with Gasteiger partial charge in [0.1, 0.15) is 17.3 Å². The Morgan fingerprint density at radius 3 is 2.87 bits per heavy atom. The van der Waals surface area contributed by atoms with E-state index >= 15 is 0 Å². The van der Waals surface area contributed by atoms with Crippen LogP contribution in [0.25, 0.3) is 0 Å². The van der Waals surface area contributed by atoms with Gasteiger partial charge in [-0.2, -0.15) is 0 Å². The van der Waals surface area contributed by atoms with Crippen molar-refractivity contribution in [2.45, 2.75) is 26.3 Å². The largest absolute Gasteiger partial charge is 0.383 e. The van der Waals surface area contributed by atoms with Crippen LogP contribution in [0.5, 0.6) is 0 Å². The molecule has 0 fully saturated rings. The van der Waals surface area contributed by atoms with Gasteiger partial charge < -0.3 is 10.1 Å². The van der Waals surface area contributed by atoms with Crippen molar-refractivity contribution in [3.05, 3.63) is 17.0 Å². The Balaban J connectivity index is 2.74. The molecule has 84 valence electrons. The lowest BCUT2D eigenvalue weighted by Crippen LogP contribution is -2.25. The molecule has 15 heavy (non-hydrogen) atoms. The molecule has 1 atom stereocenters. The zero-order valence-electron chi connectivity index (χ0n) is 9.25. The molecule has 4 nitrogen and oxygen atoms in total. The summed E-state index contributed by atoms with van der Waals surface area (Å²) in [5.41, 5.74) is 0.869. The third kappa shape index (κ3) is 3.32. The average molecular weight is 230 g/mol. The summed E-state index contributed by atoms with van der Waals surface area (Å²) in [7, 11) is 1.68. The molecular formula is C10H16ClN3O. The number of methoxy groups -OCH3 is 1. The molecular weight excluding hydrogens is 214 g/mol. The zero-order chi connectivity index (χ0) is 11.3. The van der Waals surface area contributed by atoms with Gasteiger partial charge in [-0.15, -0.1) is 0 Å². The first-order valence-electron chi connectivity index (χ1n) is 4.91. The fraction of sp³-hybridized carbons (Fsp3) is 0.600. The van der Waals surface area contributed by atoms with Gasteiger partial charge >= 0.3 is 0 Å². The summed E-state index contributed by atoms with van der Waals surface area (Å²) < 4.78 is 5.10. The Bertz CT molecular complexity index is 320. The highest BCUT2D eigenvalue weighted by Crippen LogP contribution is 2.18. The normalized spacial score (nSPS) is 12.5.